The normalized spacial score (nSPS) is 26.9. The van der Waals surface area contributed by atoms with Crippen molar-refractivity contribution in [1.82, 2.24) is 5.32 Å². The molecule has 0 aliphatic carbocycles. The highest BCUT2D eigenvalue weighted by atomic mass is 16.5. The Morgan fingerprint density at radius 3 is 3.00 bits per heavy atom. The quantitative estimate of drug-likeness (QED) is 0.504. The number of hydrogen-bond acceptors (Lipinski definition) is 3. The van der Waals surface area contributed by atoms with E-state index in [1.807, 2.05) is 0 Å². The molecule has 0 amide bonds. The van der Waals surface area contributed by atoms with Gasteiger partial charge >= 0.3 is 0 Å². The van der Waals surface area contributed by atoms with E-state index in [-0.39, 0.29) is 5.60 Å². The fraction of sp³-hybridized carbons (Fsp3) is 0.900. The third kappa shape index (κ3) is 3.68. The van der Waals surface area contributed by atoms with Crippen molar-refractivity contribution in [3.05, 3.63) is 0 Å². The van der Waals surface area contributed by atoms with E-state index in [1.165, 1.54) is 0 Å². The second kappa shape index (κ2) is 5.92. The van der Waals surface area contributed by atoms with Gasteiger partial charge in [-0.15, -0.1) is 0 Å². The van der Waals surface area contributed by atoms with Crippen LogP contribution < -0.4 is 11.1 Å². The molecule has 1 aliphatic heterocycles. The van der Waals surface area contributed by atoms with Gasteiger partial charge in [-0.25, -0.2) is 0 Å². The third-order valence-corrected chi connectivity index (χ3v) is 2.59. The fourth-order valence-corrected chi connectivity index (χ4v) is 1.48. The lowest BCUT2D eigenvalue weighted by Crippen LogP contribution is -2.39. The first-order valence-corrected chi connectivity index (χ1v) is 5.39. The number of ether oxygens (including phenoxy) is 2. The molecule has 1 heterocycles. The van der Waals surface area contributed by atoms with Crippen LogP contribution in [0.15, 0.2) is 4.99 Å². The molecule has 5 nitrogen and oxygen atoms in total. The third-order valence-electron chi connectivity index (χ3n) is 2.59. The Balaban J connectivity index is 2.38. The van der Waals surface area contributed by atoms with Crippen LogP contribution in [-0.4, -0.2) is 45.0 Å². The minimum Gasteiger partial charge on any atom is -0.378 e. The summed E-state index contributed by atoms with van der Waals surface area (Å²) in [6.45, 7) is 4.85. The minimum atomic E-state index is -0.265. The molecular weight excluding hydrogens is 194 g/mol. The van der Waals surface area contributed by atoms with Gasteiger partial charge in [-0.2, -0.15) is 0 Å². The molecule has 15 heavy (non-hydrogen) atoms. The average molecular weight is 215 g/mol. The standard InChI is InChI=1S/C10H21N3O2/c1-3-5-12-9(11)13-7-10(14-2)4-6-15-8-10/h3-8H2,1-2H3,(H3,11,12,13). The van der Waals surface area contributed by atoms with Gasteiger partial charge in [0.15, 0.2) is 5.96 Å². The van der Waals surface area contributed by atoms with Gasteiger partial charge < -0.3 is 20.5 Å². The van der Waals surface area contributed by atoms with Crippen molar-refractivity contribution in [2.45, 2.75) is 25.4 Å². The number of methoxy groups -OCH3 is 1. The molecule has 1 atom stereocenters. The van der Waals surface area contributed by atoms with Gasteiger partial charge in [-0.3, -0.25) is 4.99 Å². The molecule has 0 aromatic carbocycles. The molecular formula is C10H21N3O2. The van der Waals surface area contributed by atoms with E-state index in [1.54, 1.807) is 7.11 Å². The van der Waals surface area contributed by atoms with Crippen LogP contribution in [0.4, 0.5) is 0 Å². The summed E-state index contributed by atoms with van der Waals surface area (Å²) in [6.07, 6.45) is 1.92. The Morgan fingerprint density at radius 1 is 1.67 bits per heavy atom. The summed E-state index contributed by atoms with van der Waals surface area (Å²) in [5.41, 5.74) is 5.43. The van der Waals surface area contributed by atoms with E-state index < -0.39 is 0 Å². The van der Waals surface area contributed by atoms with E-state index >= 15 is 0 Å². The monoisotopic (exact) mass is 215 g/mol. The summed E-state index contributed by atoms with van der Waals surface area (Å²) in [5, 5.41) is 3.03. The van der Waals surface area contributed by atoms with Crippen molar-refractivity contribution in [2.24, 2.45) is 10.7 Å². The number of rotatable bonds is 5. The van der Waals surface area contributed by atoms with E-state index in [4.69, 9.17) is 15.2 Å². The van der Waals surface area contributed by atoms with Crippen LogP contribution in [0.2, 0.25) is 0 Å². The molecule has 0 bridgehead atoms. The second-order valence-electron chi connectivity index (χ2n) is 3.82. The molecule has 1 fully saturated rings. The topological polar surface area (TPSA) is 68.9 Å². The van der Waals surface area contributed by atoms with E-state index in [9.17, 15) is 0 Å². The lowest BCUT2D eigenvalue weighted by Gasteiger charge is -2.23. The van der Waals surface area contributed by atoms with Crippen molar-refractivity contribution in [3.8, 4) is 0 Å². The summed E-state index contributed by atoms with van der Waals surface area (Å²) in [4.78, 5) is 4.27. The van der Waals surface area contributed by atoms with Crippen LogP contribution in [0.1, 0.15) is 19.8 Å². The van der Waals surface area contributed by atoms with Gasteiger partial charge in [-0.05, 0) is 6.42 Å². The Labute approximate surface area is 91.0 Å². The highest BCUT2D eigenvalue weighted by Gasteiger charge is 2.34. The Morgan fingerprint density at radius 2 is 2.47 bits per heavy atom. The summed E-state index contributed by atoms with van der Waals surface area (Å²) >= 11 is 0. The van der Waals surface area contributed by atoms with Gasteiger partial charge in [0.1, 0.15) is 5.60 Å². The largest absolute Gasteiger partial charge is 0.378 e. The maximum Gasteiger partial charge on any atom is 0.188 e. The highest BCUT2D eigenvalue weighted by Crippen LogP contribution is 2.22. The summed E-state index contributed by atoms with van der Waals surface area (Å²) in [6, 6.07) is 0. The smallest absolute Gasteiger partial charge is 0.188 e. The zero-order valence-electron chi connectivity index (χ0n) is 9.58. The Kier molecular flexibility index (Phi) is 4.84. The van der Waals surface area contributed by atoms with Crippen LogP contribution in [0.5, 0.6) is 0 Å². The number of nitrogens with one attached hydrogen (secondary N) is 1. The Hall–Kier alpha value is -0.810. The molecule has 0 spiro atoms. The first-order valence-electron chi connectivity index (χ1n) is 5.39. The van der Waals surface area contributed by atoms with Crippen molar-refractivity contribution in [3.63, 3.8) is 0 Å². The molecule has 0 aromatic heterocycles. The molecule has 88 valence electrons. The van der Waals surface area contributed by atoms with Gasteiger partial charge in [0.2, 0.25) is 0 Å². The van der Waals surface area contributed by atoms with E-state index in [0.717, 1.165) is 26.0 Å². The van der Waals surface area contributed by atoms with Crippen LogP contribution in [0.25, 0.3) is 0 Å². The lowest BCUT2D eigenvalue weighted by atomic mass is 10.0. The predicted octanol–water partition coefficient (Wildman–Crippen LogP) is 0.106. The molecule has 1 saturated heterocycles. The minimum absolute atomic E-state index is 0.265. The number of aliphatic imine (C=N–C) groups is 1. The SMILES string of the molecule is CCCNC(N)=NCC1(OC)CCOC1. The lowest BCUT2D eigenvalue weighted by molar-refractivity contribution is -0.00905. The van der Waals surface area contributed by atoms with Crippen molar-refractivity contribution < 1.29 is 9.47 Å². The molecule has 0 aromatic rings. The maximum absolute atomic E-state index is 5.69. The van der Waals surface area contributed by atoms with E-state index in [0.29, 0.717) is 19.1 Å². The molecule has 1 aliphatic rings. The molecule has 1 unspecified atom stereocenters. The zero-order valence-corrected chi connectivity index (χ0v) is 9.58. The Bertz CT molecular complexity index is 213. The van der Waals surface area contributed by atoms with Crippen molar-refractivity contribution in [1.29, 1.82) is 0 Å². The van der Waals surface area contributed by atoms with Crippen LogP contribution in [0, 0.1) is 0 Å². The number of nitrogens with zero attached hydrogens (tertiary/aromatic N) is 1. The maximum atomic E-state index is 5.69. The fourth-order valence-electron chi connectivity index (χ4n) is 1.48. The second-order valence-corrected chi connectivity index (χ2v) is 3.82. The van der Waals surface area contributed by atoms with Crippen molar-refractivity contribution >= 4 is 5.96 Å². The molecule has 1 rings (SSSR count). The summed E-state index contributed by atoms with van der Waals surface area (Å²) in [5.74, 6) is 0.486. The highest BCUT2D eigenvalue weighted by molar-refractivity contribution is 5.77. The molecule has 0 radical (unpaired) electrons. The molecule has 0 saturated carbocycles. The first kappa shape index (κ1) is 12.3. The number of guanidine groups is 1. The van der Waals surface area contributed by atoms with Gasteiger partial charge in [-0.1, -0.05) is 6.92 Å². The number of hydrogen-bond donors (Lipinski definition) is 2. The van der Waals surface area contributed by atoms with Crippen molar-refractivity contribution in [2.75, 3.05) is 33.4 Å². The van der Waals surface area contributed by atoms with Gasteiger partial charge in [0.25, 0.3) is 0 Å². The van der Waals surface area contributed by atoms with E-state index in [2.05, 4.69) is 17.2 Å². The summed E-state index contributed by atoms with van der Waals surface area (Å²) in [7, 11) is 1.69. The molecule has 5 heteroatoms. The zero-order chi connectivity index (χ0) is 11.1. The number of nitrogens with two attached hydrogens (primary N) is 1. The van der Waals surface area contributed by atoms with Gasteiger partial charge in [0.05, 0.1) is 13.2 Å². The first-order chi connectivity index (χ1) is 7.22. The van der Waals surface area contributed by atoms with Crippen LogP contribution in [0.3, 0.4) is 0 Å². The van der Waals surface area contributed by atoms with Crippen LogP contribution in [-0.2, 0) is 9.47 Å². The average Bonchev–Trinajstić information content (AvgIpc) is 2.73. The predicted molar refractivity (Wildman–Crippen MR) is 60.0 cm³/mol. The van der Waals surface area contributed by atoms with Gasteiger partial charge in [0, 0.05) is 26.7 Å². The molecule has 3 N–H and O–H groups in total. The summed E-state index contributed by atoms with van der Waals surface area (Å²) < 4.78 is 10.7. The van der Waals surface area contributed by atoms with Crippen LogP contribution >= 0.6 is 0 Å².